The van der Waals surface area contributed by atoms with E-state index in [1.165, 1.54) is 17.8 Å². The first-order valence-electron chi connectivity index (χ1n) is 4.02. The van der Waals surface area contributed by atoms with Crippen LogP contribution < -0.4 is 0 Å². The number of thiophene rings is 1. The molecule has 1 aromatic heterocycles. The van der Waals surface area contributed by atoms with Crippen molar-refractivity contribution in [1.82, 2.24) is 4.90 Å². The Bertz CT molecular complexity index is 269. The zero-order chi connectivity index (χ0) is 7.84. The molecule has 2 heterocycles. The first kappa shape index (κ1) is 10.0. The van der Waals surface area contributed by atoms with Gasteiger partial charge in [-0.05, 0) is 32.0 Å². The molecule has 0 spiro atoms. The van der Waals surface area contributed by atoms with E-state index < -0.39 is 0 Å². The average Bonchev–Trinajstić information content (AvgIpc) is 2.27. The van der Waals surface area contributed by atoms with Crippen molar-refractivity contribution in [2.75, 3.05) is 13.6 Å². The van der Waals surface area contributed by atoms with E-state index in [1.807, 2.05) is 11.3 Å². The van der Waals surface area contributed by atoms with Gasteiger partial charge in [-0.2, -0.15) is 0 Å². The highest BCUT2D eigenvalue weighted by Crippen LogP contribution is 2.26. The van der Waals surface area contributed by atoms with Crippen molar-refractivity contribution < 1.29 is 0 Å². The Kier molecular flexibility index (Phi) is 3.16. The molecular formula is C9H14ClNS. The minimum Gasteiger partial charge on any atom is -0.301 e. The van der Waals surface area contributed by atoms with E-state index in [2.05, 4.69) is 24.9 Å². The maximum Gasteiger partial charge on any atom is 0.0327 e. The fraction of sp³-hybridized carbons (Fsp3) is 0.556. The summed E-state index contributed by atoms with van der Waals surface area (Å²) in [5.41, 5.74) is 1.59. The van der Waals surface area contributed by atoms with Gasteiger partial charge in [-0.15, -0.1) is 23.7 Å². The van der Waals surface area contributed by atoms with Gasteiger partial charge in [0.05, 0.1) is 0 Å². The number of nitrogens with zero attached hydrogens (tertiary/aromatic N) is 1. The van der Waals surface area contributed by atoms with Crippen molar-refractivity contribution in [3.05, 3.63) is 21.4 Å². The third kappa shape index (κ3) is 1.82. The topological polar surface area (TPSA) is 3.24 Å². The highest BCUT2D eigenvalue weighted by Gasteiger charge is 2.14. The highest BCUT2D eigenvalue weighted by molar-refractivity contribution is 7.12. The van der Waals surface area contributed by atoms with Crippen LogP contribution in [-0.2, 0) is 13.0 Å². The van der Waals surface area contributed by atoms with Crippen molar-refractivity contribution >= 4 is 23.7 Å². The summed E-state index contributed by atoms with van der Waals surface area (Å²) in [5.74, 6) is 0. The van der Waals surface area contributed by atoms with Crippen LogP contribution in [0, 0.1) is 6.92 Å². The first-order valence-corrected chi connectivity index (χ1v) is 4.84. The second-order valence-electron chi connectivity index (χ2n) is 3.29. The summed E-state index contributed by atoms with van der Waals surface area (Å²) >= 11 is 1.95. The number of halogens is 1. The highest BCUT2D eigenvalue weighted by atomic mass is 35.5. The lowest BCUT2D eigenvalue weighted by Gasteiger charge is -2.21. The molecule has 12 heavy (non-hydrogen) atoms. The van der Waals surface area contributed by atoms with Gasteiger partial charge in [-0.1, -0.05) is 0 Å². The third-order valence-corrected chi connectivity index (χ3v) is 3.27. The first-order chi connectivity index (χ1) is 5.25. The summed E-state index contributed by atoms with van der Waals surface area (Å²) in [6.07, 6.45) is 1.25. The Balaban J connectivity index is 0.000000720. The minimum absolute atomic E-state index is 0. The fourth-order valence-electron chi connectivity index (χ4n) is 1.60. The predicted molar refractivity (Wildman–Crippen MR) is 56.3 cm³/mol. The van der Waals surface area contributed by atoms with E-state index >= 15 is 0 Å². The molecule has 1 nitrogen and oxygen atoms in total. The van der Waals surface area contributed by atoms with E-state index in [1.54, 1.807) is 10.4 Å². The number of hydrogen-bond donors (Lipinski definition) is 0. The molecular weight excluding hydrogens is 190 g/mol. The van der Waals surface area contributed by atoms with Crippen LogP contribution >= 0.6 is 23.7 Å². The quantitative estimate of drug-likeness (QED) is 0.626. The van der Waals surface area contributed by atoms with Gasteiger partial charge in [0.25, 0.3) is 0 Å². The summed E-state index contributed by atoms with van der Waals surface area (Å²) in [6, 6.07) is 2.34. The third-order valence-electron chi connectivity index (χ3n) is 2.20. The normalized spacial score (nSPS) is 16.8. The molecule has 1 aromatic rings. The molecule has 0 aliphatic carbocycles. The molecule has 0 saturated heterocycles. The van der Waals surface area contributed by atoms with Crippen LogP contribution in [0.25, 0.3) is 0 Å². The van der Waals surface area contributed by atoms with E-state index in [4.69, 9.17) is 0 Å². The Morgan fingerprint density at radius 2 is 2.25 bits per heavy atom. The molecule has 0 atom stereocenters. The van der Waals surface area contributed by atoms with Crippen LogP contribution in [-0.4, -0.2) is 18.5 Å². The maximum absolute atomic E-state index is 2.39. The van der Waals surface area contributed by atoms with E-state index in [0.717, 1.165) is 6.54 Å². The molecule has 0 N–H and O–H groups in total. The van der Waals surface area contributed by atoms with Crippen LogP contribution in [0.3, 0.4) is 0 Å². The lowest BCUT2D eigenvalue weighted by molar-refractivity contribution is 0.317. The lowest BCUT2D eigenvalue weighted by atomic mass is 10.1. The maximum atomic E-state index is 2.39. The molecule has 0 amide bonds. The zero-order valence-corrected chi connectivity index (χ0v) is 9.10. The van der Waals surface area contributed by atoms with Crippen LogP contribution in [0.15, 0.2) is 6.07 Å². The number of fused-ring (bicyclic) bond motifs is 1. The van der Waals surface area contributed by atoms with Crippen LogP contribution in [0.1, 0.15) is 15.3 Å². The van der Waals surface area contributed by atoms with Crippen molar-refractivity contribution in [3.63, 3.8) is 0 Å². The standard InChI is InChI=1S/C9H13NS.ClH/c1-7-5-8-3-4-10(2)6-9(8)11-7;/h5H,3-4,6H2,1-2H3;1H. The fourth-order valence-corrected chi connectivity index (χ4v) is 2.76. The molecule has 1 aliphatic heterocycles. The van der Waals surface area contributed by atoms with E-state index in [0.29, 0.717) is 0 Å². The van der Waals surface area contributed by atoms with Gasteiger partial charge in [0, 0.05) is 22.8 Å². The second kappa shape index (κ2) is 3.77. The van der Waals surface area contributed by atoms with Crippen LogP contribution in [0.5, 0.6) is 0 Å². The van der Waals surface area contributed by atoms with Crippen molar-refractivity contribution in [3.8, 4) is 0 Å². The van der Waals surface area contributed by atoms with Crippen molar-refractivity contribution in [1.29, 1.82) is 0 Å². The molecule has 2 rings (SSSR count). The molecule has 0 bridgehead atoms. The zero-order valence-electron chi connectivity index (χ0n) is 7.46. The number of likely N-dealkylation sites (N-methyl/N-ethyl adjacent to an activating group) is 1. The van der Waals surface area contributed by atoms with Gasteiger partial charge in [-0.25, -0.2) is 0 Å². The summed E-state index contributed by atoms with van der Waals surface area (Å²) in [4.78, 5) is 5.43. The van der Waals surface area contributed by atoms with E-state index in [-0.39, 0.29) is 12.4 Å². The number of rotatable bonds is 0. The number of aryl methyl sites for hydroxylation is 1. The molecule has 1 aliphatic rings. The van der Waals surface area contributed by atoms with Gasteiger partial charge in [0.15, 0.2) is 0 Å². The SMILES string of the molecule is Cc1cc2c(s1)CN(C)CC2.Cl. The van der Waals surface area contributed by atoms with Crippen LogP contribution in [0.4, 0.5) is 0 Å². The molecule has 0 aromatic carbocycles. The van der Waals surface area contributed by atoms with Gasteiger partial charge >= 0.3 is 0 Å². The summed E-state index contributed by atoms with van der Waals surface area (Å²) < 4.78 is 0. The largest absolute Gasteiger partial charge is 0.301 e. The molecule has 68 valence electrons. The molecule has 0 radical (unpaired) electrons. The smallest absolute Gasteiger partial charge is 0.0327 e. The Morgan fingerprint density at radius 3 is 3.00 bits per heavy atom. The molecule has 0 fully saturated rings. The Labute approximate surface area is 83.8 Å². The lowest BCUT2D eigenvalue weighted by Crippen LogP contribution is -2.24. The second-order valence-corrected chi connectivity index (χ2v) is 4.63. The Hall–Kier alpha value is -0.0500. The van der Waals surface area contributed by atoms with Gasteiger partial charge in [0.1, 0.15) is 0 Å². The Morgan fingerprint density at radius 1 is 1.50 bits per heavy atom. The van der Waals surface area contributed by atoms with Crippen molar-refractivity contribution in [2.24, 2.45) is 0 Å². The summed E-state index contributed by atoms with van der Waals surface area (Å²) in [5, 5.41) is 0. The molecule has 0 saturated carbocycles. The van der Waals surface area contributed by atoms with Gasteiger partial charge < -0.3 is 4.90 Å². The molecule has 0 unspecified atom stereocenters. The predicted octanol–water partition coefficient (Wildman–Crippen LogP) is 2.47. The number of hydrogen-bond acceptors (Lipinski definition) is 2. The summed E-state index contributed by atoms with van der Waals surface area (Å²) in [6.45, 7) is 4.58. The monoisotopic (exact) mass is 203 g/mol. The van der Waals surface area contributed by atoms with Gasteiger partial charge in [0.2, 0.25) is 0 Å². The van der Waals surface area contributed by atoms with E-state index in [9.17, 15) is 0 Å². The van der Waals surface area contributed by atoms with Gasteiger partial charge in [-0.3, -0.25) is 0 Å². The average molecular weight is 204 g/mol. The minimum atomic E-state index is 0. The van der Waals surface area contributed by atoms with Crippen molar-refractivity contribution in [2.45, 2.75) is 19.9 Å². The molecule has 3 heteroatoms. The summed E-state index contributed by atoms with van der Waals surface area (Å²) in [7, 11) is 2.19. The van der Waals surface area contributed by atoms with Crippen LogP contribution in [0.2, 0.25) is 0 Å².